The highest BCUT2D eigenvalue weighted by atomic mass is 35.5. The van der Waals surface area contributed by atoms with Crippen molar-refractivity contribution in [1.82, 2.24) is 0 Å². The van der Waals surface area contributed by atoms with Gasteiger partial charge < -0.3 is 4.74 Å². The van der Waals surface area contributed by atoms with E-state index in [1.807, 2.05) is 0 Å². The minimum Gasteiger partial charge on any atom is -0.497 e. The summed E-state index contributed by atoms with van der Waals surface area (Å²) >= 11 is 5.99. The first-order valence-corrected chi connectivity index (χ1v) is 8.22. The van der Waals surface area contributed by atoms with Crippen molar-refractivity contribution >= 4 is 33.0 Å². The largest absolute Gasteiger partial charge is 0.497 e. The number of nitrogens with zero attached hydrogens (tertiary/aromatic N) is 1. The fourth-order valence-corrected chi connectivity index (χ4v) is 3.47. The monoisotopic (exact) mass is 356 g/mol. The molecule has 23 heavy (non-hydrogen) atoms. The van der Waals surface area contributed by atoms with Gasteiger partial charge in [0.25, 0.3) is 15.7 Å². The lowest BCUT2D eigenvalue weighted by atomic mass is 10.2. The number of rotatable bonds is 5. The van der Waals surface area contributed by atoms with Crippen molar-refractivity contribution in [2.75, 3.05) is 11.8 Å². The third kappa shape index (κ3) is 3.72. The van der Waals surface area contributed by atoms with E-state index in [1.165, 1.54) is 19.2 Å². The number of halogens is 1. The number of methoxy groups -OCH3 is 1. The number of sulfonamides is 1. The third-order valence-corrected chi connectivity index (χ3v) is 4.75. The number of ether oxygens (including phenoxy) is 1. The minimum absolute atomic E-state index is 0.141. The summed E-state index contributed by atoms with van der Waals surface area (Å²) < 4.78 is 32.0. The number of nitro benzene ring substituents is 1. The lowest BCUT2D eigenvalue weighted by Crippen LogP contribution is -2.15. The average Bonchev–Trinajstić information content (AvgIpc) is 2.49. The van der Waals surface area contributed by atoms with Crippen molar-refractivity contribution in [3.05, 3.63) is 57.1 Å². The normalized spacial score (nSPS) is 11.1. The molecule has 0 bridgehead atoms. The summed E-state index contributed by atoms with van der Waals surface area (Å²) in [7, 11) is -2.85. The van der Waals surface area contributed by atoms with Crippen molar-refractivity contribution in [1.29, 1.82) is 0 Å². The first kappa shape index (κ1) is 17.0. The molecule has 0 spiro atoms. The maximum atomic E-state index is 12.4. The van der Waals surface area contributed by atoms with E-state index in [4.69, 9.17) is 16.3 Å². The summed E-state index contributed by atoms with van der Waals surface area (Å²) in [5.41, 5.74) is 0.413. The molecule has 0 unspecified atom stereocenters. The predicted octanol–water partition coefficient (Wildman–Crippen LogP) is 3.37. The Kier molecular flexibility index (Phi) is 4.76. The molecule has 9 heteroatoms. The Balaban J connectivity index is 2.49. The molecule has 2 aromatic rings. The summed E-state index contributed by atoms with van der Waals surface area (Å²) in [4.78, 5) is 9.88. The number of anilines is 1. The van der Waals surface area contributed by atoms with Crippen LogP contribution in [0.5, 0.6) is 5.75 Å². The van der Waals surface area contributed by atoms with E-state index in [0.29, 0.717) is 0 Å². The van der Waals surface area contributed by atoms with Crippen molar-refractivity contribution in [3.8, 4) is 5.75 Å². The van der Waals surface area contributed by atoms with Crippen LogP contribution >= 0.6 is 11.6 Å². The van der Waals surface area contributed by atoms with Gasteiger partial charge >= 0.3 is 0 Å². The van der Waals surface area contributed by atoms with Crippen LogP contribution in [-0.2, 0) is 10.0 Å². The number of aryl methyl sites for hydroxylation is 1. The standard InChI is InChI=1S/C14H13ClN2O5S/c1-9-3-5-12(11(15)7-9)16-23(20,21)14-6-4-10(22-2)8-13(14)17(18)19/h3-8,16H,1-2H3. The lowest BCUT2D eigenvalue weighted by Gasteiger charge is -2.11. The van der Waals surface area contributed by atoms with E-state index in [0.717, 1.165) is 17.7 Å². The van der Waals surface area contributed by atoms with Crippen LogP contribution in [0.3, 0.4) is 0 Å². The molecule has 0 saturated carbocycles. The Labute approximate surface area is 138 Å². The zero-order valence-corrected chi connectivity index (χ0v) is 13.8. The van der Waals surface area contributed by atoms with Gasteiger partial charge in [-0.3, -0.25) is 14.8 Å². The van der Waals surface area contributed by atoms with Crippen LogP contribution in [0.25, 0.3) is 0 Å². The summed E-state index contributed by atoms with van der Waals surface area (Å²) in [5.74, 6) is 0.184. The second kappa shape index (κ2) is 6.43. The number of hydrogen-bond donors (Lipinski definition) is 1. The van der Waals surface area contributed by atoms with Crippen LogP contribution in [0.15, 0.2) is 41.3 Å². The molecule has 0 aliphatic heterocycles. The SMILES string of the molecule is COc1ccc(S(=O)(=O)Nc2ccc(C)cc2Cl)c([N+](=O)[O-])c1. The van der Waals surface area contributed by atoms with Crippen molar-refractivity contribution in [3.63, 3.8) is 0 Å². The summed E-state index contributed by atoms with van der Waals surface area (Å²) in [6.45, 7) is 1.80. The molecule has 0 saturated heterocycles. The fraction of sp³-hybridized carbons (Fsp3) is 0.143. The Morgan fingerprint density at radius 3 is 2.48 bits per heavy atom. The van der Waals surface area contributed by atoms with Gasteiger partial charge in [0, 0.05) is 0 Å². The van der Waals surface area contributed by atoms with Crippen molar-refractivity contribution < 1.29 is 18.1 Å². The van der Waals surface area contributed by atoms with Gasteiger partial charge in [0.1, 0.15) is 5.75 Å². The van der Waals surface area contributed by atoms with E-state index >= 15 is 0 Å². The van der Waals surface area contributed by atoms with Crippen LogP contribution in [0.2, 0.25) is 5.02 Å². The number of nitrogens with one attached hydrogen (secondary N) is 1. The van der Waals surface area contributed by atoms with E-state index in [1.54, 1.807) is 19.1 Å². The van der Waals surface area contributed by atoms with E-state index in [-0.39, 0.29) is 16.5 Å². The second-order valence-electron chi connectivity index (χ2n) is 4.68. The average molecular weight is 357 g/mol. The molecule has 0 atom stereocenters. The Hall–Kier alpha value is -2.32. The molecule has 7 nitrogen and oxygen atoms in total. The first-order valence-electron chi connectivity index (χ1n) is 6.36. The summed E-state index contributed by atoms with van der Waals surface area (Å²) in [5, 5.41) is 11.3. The number of benzene rings is 2. The highest BCUT2D eigenvalue weighted by molar-refractivity contribution is 7.92. The van der Waals surface area contributed by atoms with Crippen LogP contribution in [0.1, 0.15) is 5.56 Å². The van der Waals surface area contributed by atoms with E-state index in [9.17, 15) is 18.5 Å². The molecule has 122 valence electrons. The summed E-state index contributed by atoms with van der Waals surface area (Å²) in [6, 6.07) is 8.24. The van der Waals surface area contributed by atoms with E-state index < -0.39 is 25.5 Å². The van der Waals surface area contributed by atoms with Crippen LogP contribution in [0, 0.1) is 17.0 Å². The van der Waals surface area contributed by atoms with Crippen LogP contribution in [-0.4, -0.2) is 20.5 Å². The van der Waals surface area contributed by atoms with Crippen LogP contribution in [0.4, 0.5) is 11.4 Å². The Morgan fingerprint density at radius 1 is 1.22 bits per heavy atom. The quantitative estimate of drug-likeness (QED) is 0.654. The van der Waals surface area contributed by atoms with Gasteiger partial charge in [-0.15, -0.1) is 0 Å². The van der Waals surface area contributed by atoms with Crippen LogP contribution < -0.4 is 9.46 Å². The molecule has 2 rings (SSSR count). The molecule has 0 aromatic heterocycles. The predicted molar refractivity (Wildman–Crippen MR) is 86.6 cm³/mol. The fourth-order valence-electron chi connectivity index (χ4n) is 1.90. The minimum atomic E-state index is -4.18. The van der Waals surface area contributed by atoms with Gasteiger partial charge in [-0.1, -0.05) is 17.7 Å². The third-order valence-electron chi connectivity index (χ3n) is 3.02. The molecule has 0 heterocycles. The van der Waals surface area contributed by atoms with E-state index in [2.05, 4.69) is 4.72 Å². The molecule has 1 N–H and O–H groups in total. The van der Waals surface area contributed by atoms with Gasteiger partial charge in [-0.25, -0.2) is 8.42 Å². The molecule has 2 aromatic carbocycles. The van der Waals surface area contributed by atoms with Crippen molar-refractivity contribution in [2.24, 2.45) is 0 Å². The molecule has 0 radical (unpaired) electrons. The molecular weight excluding hydrogens is 344 g/mol. The molecule has 0 aliphatic rings. The smallest absolute Gasteiger partial charge is 0.293 e. The van der Waals surface area contributed by atoms with Gasteiger partial charge in [0.05, 0.1) is 28.8 Å². The Morgan fingerprint density at radius 2 is 1.91 bits per heavy atom. The topological polar surface area (TPSA) is 98.5 Å². The van der Waals surface area contributed by atoms with Crippen molar-refractivity contribution in [2.45, 2.75) is 11.8 Å². The van der Waals surface area contributed by atoms with Gasteiger partial charge in [0.15, 0.2) is 4.90 Å². The molecular formula is C14H13ClN2O5S. The maximum Gasteiger partial charge on any atom is 0.293 e. The zero-order valence-electron chi connectivity index (χ0n) is 12.2. The highest BCUT2D eigenvalue weighted by Crippen LogP contribution is 2.31. The zero-order chi connectivity index (χ0) is 17.2. The lowest BCUT2D eigenvalue weighted by molar-refractivity contribution is -0.387. The Bertz CT molecular complexity index is 867. The maximum absolute atomic E-state index is 12.4. The van der Waals surface area contributed by atoms with Gasteiger partial charge in [-0.05, 0) is 36.8 Å². The summed E-state index contributed by atoms with van der Waals surface area (Å²) in [6.07, 6.45) is 0. The molecule has 0 aliphatic carbocycles. The molecule has 0 fully saturated rings. The second-order valence-corrected chi connectivity index (χ2v) is 6.74. The number of nitro groups is 1. The molecule has 0 amide bonds. The van der Waals surface area contributed by atoms with Gasteiger partial charge in [0.2, 0.25) is 0 Å². The van der Waals surface area contributed by atoms with Gasteiger partial charge in [-0.2, -0.15) is 0 Å². The highest BCUT2D eigenvalue weighted by Gasteiger charge is 2.27. The first-order chi connectivity index (χ1) is 10.7. The number of hydrogen-bond acceptors (Lipinski definition) is 5.